The number of hydrogen-bond donors (Lipinski definition) is 3. The molecule has 0 bridgehead atoms. The van der Waals surface area contributed by atoms with Crippen molar-refractivity contribution in [3.8, 4) is 0 Å². The second-order valence-corrected chi connectivity index (χ2v) is 7.07. The molecule has 0 unspecified atom stereocenters. The second-order valence-electron chi connectivity index (χ2n) is 4.71. The predicted octanol–water partition coefficient (Wildman–Crippen LogP) is 1.28. The van der Waals surface area contributed by atoms with Crippen molar-refractivity contribution in [2.75, 3.05) is 11.1 Å². The van der Waals surface area contributed by atoms with Crippen LogP contribution in [-0.2, 0) is 16.9 Å². The first-order valence-electron chi connectivity index (χ1n) is 5.87. The number of rotatable bonds is 5. The predicted molar refractivity (Wildman–Crippen MR) is 79.6 cm³/mol. The van der Waals surface area contributed by atoms with E-state index in [2.05, 4.69) is 10.4 Å². The van der Waals surface area contributed by atoms with Crippen LogP contribution in [0.2, 0.25) is 0 Å². The Morgan fingerprint density at radius 1 is 1.65 bits per heavy atom. The minimum absolute atomic E-state index is 0.0129. The van der Waals surface area contributed by atoms with Crippen LogP contribution in [0, 0.1) is 11.3 Å². The average molecular weight is 320 g/mol. The lowest BCUT2D eigenvalue weighted by Crippen LogP contribution is -2.17. The van der Waals surface area contributed by atoms with Crippen LogP contribution in [0.4, 0.5) is 5.69 Å². The molecule has 0 aliphatic rings. The molecule has 4 N–H and O–H groups in total. The smallest absolute Gasteiger partial charge is 0.200 e. The Morgan fingerprint density at radius 3 is 2.75 bits per heavy atom. The van der Waals surface area contributed by atoms with Crippen molar-refractivity contribution in [3.05, 3.63) is 17.4 Å². The molecular formula is C11H18ClN5O2S. The first-order chi connectivity index (χ1) is 9.17. The van der Waals surface area contributed by atoms with Gasteiger partial charge >= 0.3 is 0 Å². The van der Waals surface area contributed by atoms with E-state index < -0.39 is 9.84 Å². The van der Waals surface area contributed by atoms with Crippen LogP contribution in [-0.4, -0.2) is 29.8 Å². The molecule has 1 aromatic heterocycles. The topological polar surface area (TPSA) is 114 Å². The molecule has 0 aromatic carbocycles. The number of halogens is 1. The third-order valence-corrected chi connectivity index (χ3v) is 4.60. The number of amidine groups is 1. The van der Waals surface area contributed by atoms with Crippen LogP contribution in [0.5, 0.6) is 0 Å². The molecule has 0 fully saturated rings. The fraction of sp³-hybridized carbons (Fsp3) is 0.455. The van der Waals surface area contributed by atoms with E-state index in [0.717, 1.165) is 6.20 Å². The fourth-order valence-electron chi connectivity index (χ4n) is 1.58. The zero-order valence-corrected chi connectivity index (χ0v) is 13.1. The highest BCUT2D eigenvalue weighted by Gasteiger charge is 2.24. The molecule has 1 aromatic rings. The number of anilines is 1. The molecule has 1 heterocycles. The molecule has 0 radical (unpaired) electrons. The van der Waals surface area contributed by atoms with Gasteiger partial charge < -0.3 is 11.1 Å². The quantitative estimate of drug-likeness (QED) is 0.558. The highest BCUT2D eigenvalue weighted by Crippen LogP contribution is 2.22. The molecule has 0 atom stereocenters. The molecule has 20 heavy (non-hydrogen) atoms. The van der Waals surface area contributed by atoms with Gasteiger partial charge in [0.25, 0.3) is 0 Å². The van der Waals surface area contributed by atoms with Gasteiger partial charge in [-0.05, 0) is 5.92 Å². The molecule has 0 aliphatic heterocycles. The number of sulfone groups is 1. The van der Waals surface area contributed by atoms with Crippen molar-refractivity contribution in [1.29, 1.82) is 5.41 Å². The molecule has 112 valence electrons. The van der Waals surface area contributed by atoms with Gasteiger partial charge in [-0.15, -0.1) is 0 Å². The first kappa shape index (κ1) is 16.5. The summed E-state index contributed by atoms with van der Waals surface area (Å²) in [6.07, 6.45) is 2.53. The largest absolute Gasteiger partial charge is 0.403 e. The van der Waals surface area contributed by atoms with Crippen molar-refractivity contribution < 1.29 is 8.42 Å². The third-order valence-electron chi connectivity index (χ3n) is 2.29. The molecule has 0 amide bonds. The maximum atomic E-state index is 12.2. The first-order valence-corrected chi connectivity index (χ1v) is 7.90. The maximum Gasteiger partial charge on any atom is 0.200 e. The molecule has 1 rings (SSSR count). The zero-order valence-electron chi connectivity index (χ0n) is 11.5. The third kappa shape index (κ3) is 3.97. The second kappa shape index (κ2) is 6.27. The Labute approximate surface area is 123 Å². The van der Waals surface area contributed by atoms with Crippen LogP contribution in [0.15, 0.2) is 22.5 Å². The minimum Gasteiger partial charge on any atom is -0.403 e. The van der Waals surface area contributed by atoms with Gasteiger partial charge in [-0.1, -0.05) is 25.4 Å². The molecule has 7 nitrogen and oxygen atoms in total. The molecule has 0 spiro atoms. The highest BCUT2D eigenvalue weighted by molar-refractivity contribution is 7.91. The summed E-state index contributed by atoms with van der Waals surface area (Å²) in [5, 5.41) is 14.1. The summed E-state index contributed by atoms with van der Waals surface area (Å²) in [6.45, 7) is 3.62. The van der Waals surface area contributed by atoms with Crippen molar-refractivity contribution in [2.24, 2.45) is 18.7 Å². The van der Waals surface area contributed by atoms with E-state index in [0.29, 0.717) is 0 Å². The van der Waals surface area contributed by atoms with Gasteiger partial charge in [0.1, 0.15) is 5.84 Å². The lowest BCUT2D eigenvalue weighted by Gasteiger charge is -2.08. The van der Waals surface area contributed by atoms with E-state index in [1.807, 2.05) is 13.8 Å². The Hall–Kier alpha value is -1.54. The van der Waals surface area contributed by atoms with Gasteiger partial charge in [0.05, 0.1) is 16.5 Å². The van der Waals surface area contributed by atoms with Crippen molar-refractivity contribution in [3.63, 3.8) is 0 Å². The summed E-state index contributed by atoms with van der Waals surface area (Å²) in [4.78, 5) is 0. The lowest BCUT2D eigenvalue weighted by molar-refractivity contribution is 0.575. The Morgan fingerprint density at radius 2 is 2.25 bits per heavy atom. The normalized spacial score (nSPS) is 12.8. The number of aryl methyl sites for hydroxylation is 1. The van der Waals surface area contributed by atoms with Gasteiger partial charge in [-0.25, -0.2) is 8.42 Å². The van der Waals surface area contributed by atoms with Crippen LogP contribution < -0.4 is 11.1 Å². The summed E-state index contributed by atoms with van der Waals surface area (Å²) in [7, 11) is -1.93. The summed E-state index contributed by atoms with van der Waals surface area (Å²) in [6, 6.07) is 0. The van der Waals surface area contributed by atoms with Crippen molar-refractivity contribution in [2.45, 2.75) is 18.9 Å². The van der Waals surface area contributed by atoms with E-state index in [4.69, 9.17) is 22.7 Å². The maximum absolute atomic E-state index is 12.2. The monoisotopic (exact) mass is 319 g/mol. The summed E-state index contributed by atoms with van der Waals surface area (Å²) < 4.78 is 25.8. The van der Waals surface area contributed by atoms with E-state index >= 15 is 0 Å². The Balaban J connectivity index is 3.15. The summed E-state index contributed by atoms with van der Waals surface area (Å²) in [5.41, 5.74) is 5.41. The van der Waals surface area contributed by atoms with Gasteiger partial charge in [0.2, 0.25) is 5.03 Å². The minimum atomic E-state index is -3.53. The van der Waals surface area contributed by atoms with Gasteiger partial charge in [0, 0.05) is 19.4 Å². The number of nitrogens with two attached hydrogens (primary N) is 1. The molecule has 0 aliphatic carbocycles. The van der Waals surface area contributed by atoms with Crippen molar-refractivity contribution >= 4 is 33.0 Å². The van der Waals surface area contributed by atoms with Gasteiger partial charge in [-0.2, -0.15) is 5.10 Å². The number of nitrogens with one attached hydrogen (secondary N) is 2. The SMILES string of the molecule is CC(C)CS(=O)(=O)c1nn(C)cc1NC(=N)/C(Cl)=C\N. The average Bonchev–Trinajstić information content (AvgIpc) is 2.68. The van der Waals surface area contributed by atoms with E-state index in [-0.39, 0.29) is 33.3 Å². The molecule has 0 saturated carbocycles. The standard InChI is InChI=1S/C11H18ClN5O2S/c1-7(2)6-20(18,19)11-9(5-17(3)16-11)15-10(14)8(12)4-13/h4-5,7H,6,13H2,1-3H3,(H2,14,15)/b8-4+. The number of aromatic nitrogens is 2. The van der Waals surface area contributed by atoms with Crippen LogP contribution in [0.1, 0.15) is 13.8 Å². The number of nitrogens with zero attached hydrogens (tertiary/aromatic N) is 2. The molecular weight excluding hydrogens is 302 g/mol. The van der Waals surface area contributed by atoms with Crippen LogP contribution >= 0.6 is 11.6 Å². The fourth-order valence-corrected chi connectivity index (χ4v) is 3.35. The van der Waals surface area contributed by atoms with Gasteiger partial charge in [0.15, 0.2) is 9.84 Å². The summed E-state index contributed by atoms with van der Waals surface area (Å²) in [5.74, 6) is -0.239. The lowest BCUT2D eigenvalue weighted by atomic mass is 10.3. The summed E-state index contributed by atoms with van der Waals surface area (Å²) >= 11 is 5.70. The zero-order chi connectivity index (χ0) is 15.5. The Kier molecular flexibility index (Phi) is 5.18. The Bertz CT molecular complexity index is 633. The van der Waals surface area contributed by atoms with Gasteiger partial charge in [-0.3, -0.25) is 10.1 Å². The van der Waals surface area contributed by atoms with Crippen LogP contribution in [0.25, 0.3) is 0 Å². The highest BCUT2D eigenvalue weighted by atomic mass is 35.5. The van der Waals surface area contributed by atoms with Crippen LogP contribution in [0.3, 0.4) is 0 Å². The molecule has 9 heteroatoms. The van der Waals surface area contributed by atoms with Crippen molar-refractivity contribution in [1.82, 2.24) is 9.78 Å². The number of hydrogen-bond acceptors (Lipinski definition) is 5. The van der Waals surface area contributed by atoms with E-state index in [1.54, 1.807) is 7.05 Å². The molecule has 0 saturated heterocycles. The van der Waals surface area contributed by atoms with E-state index in [9.17, 15) is 8.42 Å². The van der Waals surface area contributed by atoms with E-state index in [1.165, 1.54) is 10.9 Å².